The Morgan fingerprint density at radius 3 is 1.39 bits per heavy atom. The number of hydrogen-bond donors (Lipinski definition) is 4. The van der Waals surface area contributed by atoms with Crippen molar-refractivity contribution in [2.24, 2.45) is 0 Å². The molecular formula is C22H30O11. The van der Waals surface area contributed by atoms with E-state index in [-0.39, 0.29) is 11.1 Å². The van der Waals surface area contributed by atoms with E-state index in [9.17, 15) is 24.0 Å². The average molecular weight is 470 g/mol. The van der Waals surface area contributed by atoms with Gasteiger partial charge in [-0.1, -0.05) is 38.8 Å². The first-order valence-corrected chi connectivity index (χ1v) is 10.3. The number of unbranched alkanes of at least 4 members (excludes halogenated alkanes) is 2. The SMILES string of the molecule is CCCCOC(=O)c1ccccc1C(=O)OCCCC.O=C(O)CC(O)(CC(=O)O)C(=O)O. The van der Waals surface area contributed by atoms with Gasteiger partial charge in [0.25, 0.3) is 0 Å². The Labute approximate surface area is 190 Å². The lowest BCUT2D eigenvalue weighted by molar-refractivity contribution is -0.170. The third-order valence-electron chi connectivity index (χ3n) is 4.11. The lowest BCUT2D eigenvalue weighted by atomic mass is 9.96. The maximum atomic E-state index is 11.9. The Bertz CT molecular complexity index is 759. The summed E-state index contributed by atoms with van der Waals surface area (Å²) in [6, 6.07) is 6.59. The van der Waals surface area contributed by atoms with Crippen LogP contribution in [0.4, 0.5) is 0 Å². The number of rotatable bonds is 13. The number of aliphatic hydroxyl groups is 1. The first-order chi connectivity index (χ1) is 15.5. The largest absolute Gasteiger partial charge is 0.481 e. The minimum Gasteiger partial charge on any atom is -0.481 e. The maximum Gasteiger partial charge on any atom is 0.339 e. The van der Waals surface area contributed by atoms with Crippen LogP contribution in [0.5, 0.6) is 0 Å². The van der Waals surface area contributed by atoms with Crippen LogP contribution in [-0.4, -0.2) is 69.1 Å². The van der Waals surface area contributed by atoms with E-state index >= 15 is 0 Å². The van der Waals surface area contributed by atoms with E-state index in [1.54, 1.807) is 24.3 Å². The smallest absolute Gasteiger partial charge is 0.339 e. The summed E-state index contributed by atoms with van der Waals surface area (Å²) in [6.07, 6.45) is 1.24. The molecule has 0 unspecified atom stereocenters. The van der Waals surface area contributed by atoms with Crippen LogP contribution in [0.1, 0.15) is 73.1 Å². The summed E-state index contributed by atoms with van der Waals surface area (Å²) in [5.74, 6) is -5.96. The molecule has 11 nitrogen and oxygen atoms in total. The third-order valence-corrected chi connectivity index (χ3v) is 4.11. The summed E-state index contributed by atoms with van der Waals surface area (Å²) >= 11 is 0. The van der Waals surface area contributed by atoms with E-state index in [0.29, 0.717) is 13.2 Å². The summed E-state index contributed by atoms with van der Waals surface area (Å²) in [5, 5.41) is 33.8. The number of carboxylic acid groups (broad SMARTS) is 3. The highest BCUT2D eigenvalue weighted by atomic mass is 16.5. The Balaban J connectivity index is 0.000000684. The number of ether oxygens (including phenoxy) is 2. The minimum atomic E-state index is -2.74. The third kappa shape index (κ3) is 11.6. The molecule has 0 bridgehead atoms. The van der Waals surface area contributed by atoms with Crippen LogP contribution in [0.2, 0.25) is 0 Å². The summed E-state index contributed by atoms with van der Waals surface area (Å²) in [7, 11) is 0. The molecule has 0 saturated heterocycles. The Hall–Kier alpha value is -3.47. The van der Waals surface area contributed by atoms with Gasteiger partial charge in [0.1, 0.15) is 0 Å². The zero-order valence-corrected chi connectivity index (χ0v) is 18.6. The minimum absolute atomic E-state index is 0.269. The highest BCUT2D eigenvalue weighted by Gasteiger charge is 2.40. The summed E-state index contributed by atoms with van der Waals surface area (Å²) < 4.78 is 10.3. The molecule has 1 aromatic rings. The first-order valence-electron chi connectivity index (χ1n) is 10.3. The Morgan fingerprint density at radius 2 is 1.12 bits per heavy atom. The molecule has 0 heterocycles. The number of carboxylic acids is 3. The molecule has 0 aromatic heterocycles. The van der Waals surface area contributed by atoms with Gasteiger partial charge in [0, 0.05) is 0 Å². The van der Waals surface area contributed by atoms with Gasteiger partial charge in [0.15, 0.2) is 5.60 Å². The molecular weight excluding hydrogens is 440 g/mol. The van der Waals surface area contributed by atoms with Crippen molar-refractivity contribution in [3.63, 3.8) is 0 Å². The Morgan fingerprint density at radius 1 is 0.758 bits per heavy atom. The van der Waals surface area contributed by atoms with E-state index in [0.717, 1.165) is 25.7 Å². The lowest BCUT2D eigenvalue weighted by Crippen LogP contribution is -2.42. The van der Waals surface area contributed by atoms with Gasteiger partial charge in [-0.2, -0.15) is 0 Å². The van der Waals surface area contributed by atoms with Crippen LogP contribution in [0, 0.1) is 0 Å². The predicted molar refractivity (Wildman–Crippen MR) is 114 cm³/mol. The molecule has 0 aliphatic rings. The van der Waals surface area contributed by atoms with E-state index < -0.39 is 48.3 Å². The average Bonchev–Trinajstić information content (AvgIpc) is 2.73. The van der Waals surface area contributed by atoms with E-state index in [2.05, 4.69) is 0 Å². The van der Waals surface area contributed by atoms with Crippen molar-refractivity contribution in [2.45, 2.75) is 58.0 Å². The van der Waals surface area contributed by atoms with Crippen LogP contribution in [0.25, 0.3) is 0 Å². The second-order valence-electron chi connectivity index (χ2n) is 7.00. The highest BCUT2D eigenvalue weighted by Crippen LogP contribution is 2.16. The molecule has 0 amide bonds. The standard InChI is InChI=1S/C16H22O4.C6H8O7/c1-3-5-11-19-15(17)13-9-7-8-10-14(13)16(18)20-12-6-4-2;7-3(8)1-6(13,5(11)12)2-4(9)10/h7-10H,3-6,11-12H2,1-2H3;13H,1-2H2,(H,7,8)(H,9,10)(H,11,12). The highest BCUT2D eigenvalue weighted by molar-refractivity contribution is 6.03. The molecule has 33 heavy (non-hydrogen) atoms. The number of hydrogen-bond acceptors (Lipinski definition) is 8. The van der Waals surface area contributed by atoms with Crippen molar-refractivity contribution in [2.75, 3.05) is 13.2 Å². The molecule has 1 aromatic carbocycles. The molecule has 0 aliphatic carbocycles. The fourth-order valence-corrected chi connectivity index (χ4v) is 2.33. The molecule has 4 N–H and O–H groups in total. The van der Waals surface area contributed by atoms with E-state index in [1.165, 1.54) is 0 Å². The monoisotopic (exact) mass is 470 g/mol. The van der Waals surface area contributed by atoms with Gasteiger partial charge >= 0.3 is 29.8 Å². The van der Waals surface area contributed by atoms with Gasteiger partial charge in [-0.25, -0.2) is 14.4 Å². The second-order valence-corrected chi connectivity index (χ2v) is 7.00. The van der Waals surface area contributed by atoms with Crippen molar-refractivity contribution in [1.29, 1.82) is 0 Å². The molecule has 0 saturated carbocycles. The van der Waals surface area contributed by atoms with Crippen molar-refractivity contribution in [1.82, 2.24) is 0 Å². The summed E-state index contributed by atoms with van der Waals surface area (Å²) in [4.78, 5) is 54.4. The normalized spacial score (nSPS) is 10.4. The van der Waals surface area contributed by atoms with Crippen molar-refractivity contribution in [3.05, 3.63) is 35.4 Å². The van der Waals surface area contributed by atoms with Gasteiger partial charge in [-0.05, 0) is 25.0 Å². The van der Waals surface area contributed by atoms with Crippen molar-refractivity contribution < 1.29 is 53.9 Å². The zero-order valence-electron chi connectivity index (χ0n) is 18.6. The van der Waals surface area contributed by atoms with Gasteiger partial charge in [-0.15, -0.1) is 0 Å². The topological polar surface area (TPSA) is 185 Å². The molecule has 0 spiro atoms. The maximum absolute atomic E-state index is 11.9. The number of benzene rings is 1. The van der Waals surface area contributed by atoms with Crippen molar-refractivity contribution >= 4 is 29.8 Å². The fourth-order valence-electron chi connectivity index (χ4n) is 2.33. The molecule has 0 atom stereocenters. The van der Waals surface area contributed by atoms with Crippen LogP contribution >= 0.6 is 0 Å². The number of esters is 2. The first kappa shape index (κ1) is 29.5. The molecule has 0 aliphatic heterocycles. The quantitative estimate of drug-likeness (QED) is 0.245. The summed E-state index contributed by atoms with van der Waals surface area (Å²) in [5.41, 5.74) is -2.20. The molecule has 0 fully saturated rings. The lowest BCUT2D eigenvalue weighted by Gasteiger charge is -2.18. The van der Waals surface area contributed by atoms with Gasteiger partial charge < -0.3 is 29.9 Å². The number of carbonyl (C=O) groups excluding carboxylic acids is 2. The fraction of sp³-hybridized carbons (Fsp3) is 0.500. The molecule has 1 rings (SSSR count). The zero-order chi connectivity index (χ0) is 25.4. The Kier molecular flexibility index (Phi) is 13.7. The molecule has 184 valence electrons. The van der Waals surface area contributed by atoms with Gasteiger partial charge in [0.2, 0.25) is 0 Å². The van der Waals surface area contributed by atoms with Gasteiger partial charge in [-0.3, -0.25) is 9.59 Å². The number of carbonyl (C=O) groups is 5. The van der Waals surface area contributed by atoms with Crippen LogP contribution in [-0.2, 0) is 23.9 Å². The molecule has 0 radical (unpaired) electrons. The number of aliphatic carboxylic acids is 3. The van der Waals surface area contributed by atoms with Crippen LogP contribution in [0.15, 0.2) is 24.3 Å². The van der Waals surface area contributed by atoms with Crippen LogP contribution in [0.3, 0.4) is 0 Å². The van der Waals surface area contributed by atoms with Crippen LogP contribution < -0.4 is 0 Å². The second kappa shape index (κ2) is 15.4. The van der Waals surface area contributed by atoms with E-state index in [4.69, 9.17) is 29.9 Å². The molecule has 11 heteroatoms. The predicted octanol–water partition coefficient (Wildman–Crippen LogP) is 2.35. The van der Waals surface area contributed by atoms with Crippen molar-refractivity contribution in [3.8, 4) is 0 Å². The van der Waals surface area contributed by atoms with Gasteiger partial charge in [0.05, 0.1) is 37.2 Å². The summed E-state index contributed by atoms with van der Waals surface area (Å²) in [6.45, 7) is 4.78. The van der Waals surface area contributed by atoms with E-state index in [1.807, 2.05) is 13.8 Å².